The minimum absolute atomic E-state index is 0.0236. The molecule has 2 rings (SSSR count). The first-order valence-corrected chi connectivity index (χ1v) is 6.05. The highest BCUT2D eigenvalue weighted by Gasteiger charge is 2.14. The number of nitrogens with zero attached hydrogens (tertiary/aromatic N) is 3. The summed E-state index contributed by atoms with van der Waals surface area (Å²) < 4.78 is 4.39. The molecule has 0 unspecified atom stereocenters. The number of carbonyl (C=O) groups excluding carboxylic acids is 1. The Hall–Kier alpha value is -2.12. The Morgan fingerprint density at radius 3 is 2.85 bits per heavy atom. The summed E-state index contributed by atoms with van der Waals surface area (Å²) in [5, 5.41) is 20.7. The third kappa shape index (κ3) is 3.06. The molecule has 0 radical (unpaired) electrons. The Kier molecular flexibility index (Phi) is 4.21. The van der Waals surface area contributed by atoms with Crippen LogP contribution < -0.4 is 5.43 Å². The van der Waals surface area contributed by atoms with E-state index in [4.69, 9.17) is 23.2 Å². The Balaban J connectivity index is 2.11. The number of benzene rings is 1. The fraction of sp³-hybridized carbons (Fsp3) is 0.0909. The third-order valence-electron chi connectivity index (χ3n) is 2.30. The molecule has 2 N–H and O–H groups in total. The predicted molar refractivity (Wildman–Crippen MR) is 72.2 cm³/mol. The minimum atomic E-state index is -0.590. The maximum Gasteiger partial charge on any atom is 0.295 e. The number of halogens is 2. The zero-order valence-corrected chi connectivity index (χ0v) is 11.6. The van der Waals surface area contributed by atoms with Crippen molar-refractivity contribution in [1.29, 1.82) is 0 Å². The summed E-state index contributed by atoms with van der Waals surface area (Å²) >= 11 is 11.5. The molecule has 9 heteroatoms. The van der Waals surface area contributed by atoms with Gasteiger partial charge in [-0.15, -0.1) is 0 Å². The monoisotopic (exact) mass is 314 g/mol. The molecule has 1 aromatic heterocycles. The number of amides is 1. The van der Waals surface area contributed by atoms with Gasteiger partial charge in [0.2, 0.25) is 0 Å². The SMILES string of the molecule is Cc1nonc1C(=O)N/N=C/c1cc(Cl)cc(Cl)c1O. The average Bonchev–Trinajstić information content (AvgIpc) is 2.81. The van der Waals surface area contributed by atoms with Crippen LogP contribution in [0.2, 0.25) is 10.0 Å². The molecule has 0 aliphatic carbocycles. The Bertz CT molecular complexity index is 684. The van der Waals surface area contributed by atoms with Crippen LogP contribution in [0, 0.1) is 6.92 Å². The van der Waals surface area contributed by atoms with E-state index in [1.54, 1.807) is 6.92 Å². The number of phenols is 1. The molecule has 1 heterocycles. The van der Waals surface area contributed by atoms with Crippen LogP contribution in [0.3, 0.4) is 0 Å². The van der Waals surface area contributed by atoms with Gasteiger partial charge in [-0.1, -0.05) is 28.4 Å². The van der Waals surface area contributed by atoms with E-state index < -0.39 is 5.91 Å². The van der Waals surface area contributed by atoms with Gasteiger partial charge in [0.1, 0.15) is 11.4 Å². The number of rotatable bonds is 3. The highest BCUT2D eigenvalue weighted by molar-refractivity contribution is 6.36. The van der Waals surface area contributed by atoms with E-state index in [1.807, 2.05) is 0 Å². The third-order valence-corrected chi connectivity index (χ3v) is 2.80. The summed E-state index contributed by atoms with van der Waals surface area (Å²) in [4.78, 5) is 11.6. The molecule has 2 aromatic rings. The quantitative estimate of drug-likeness (QED) is 0.667. The molecule has 20 heavy (non-hydrogen) atoms. The molecule has 0 aliphatic heterocycles. The van der Waals surface area contributed by atoms with Crippen molar-refractivity contribution >= 4 is 35.3 Å². The van der Waals surface area contributed by atoms with E-state index in [2.05, 4.69) is 25.5 Å². The van der Waals surface area contributed by atoms with Gasteiger partial charge in [-0.25, -0.2) is 10.1 Å². The molecule has 0 fully saturated rings. The van der Waals surface area contributed by atoms with Crippen molar-refractivity contribution in [2.24, 2.45) is 5.10 Å². The largest absolute Gasteiger partial charge is 0.506 e. The molecular formula is C11H8Cl2N4O3. The van der Waals surface area contributed by atoms with Gasteiger partial charge in [0.25, 0.3) is 5.91 Å². The van der Waals surface area contributed by atoms with Crippen LogP contribution in [0.1, 0.15) is 21.7 Å². The van der Waals surface area contributed by atoms with E-state index in [0.29, 0.717) is 10.7 Å². The molecule has 1 aromatic carbocycles. The number of carbonyl (C=O) groups is 1. The average molecular weight is 315 g/mol. The van der Waals surface area contributed by atoms with E-state index in [1.165, 1.54) is 18.3 Å². The van der Waals surface area contributed by atoms with Gasteiger partial charge in [0, 0.05) is 10.6 Å². The fourth-order valence-electron chi connectivity index (χ4n) is 1.34. The molecular weight excluding hydrogens is 307 g/mol. The van der Waals surface area contributed by atoms with E-state index in [9.17, 15) is 9.90 Å². The van der Waals surface area contributed by atoms with E-state index in [0.717, 1.165) is 0 Å². The zero-order chi connectivity index (χ0) is 14.7. The van der Waals surface area contributed by atoms with Gasteiger partial charge in [-0.2, -0.15) is 5.10 Å². The second-order valence-electron chi connectivity index (χ2n) is 3.72. The molecule has 0 spiro atoms. The first kappa shape index (κ1) is 14.3. The summed E-state index contributed by atoms with van der Waals surface area (Å²) in [6.45, 7) is 1.57. The second-order valence-corrected chi connectivity index (χ2v) is 4.57. The van der Waals surface area contributed by atoms with Crippen LogP contribution in [0.5, 0.6) is 5.75 Å². The van der Waals surface area contributed by atoms with Crippen molar-refractivity contribution < 1.29 is 14.5 Å². The highest BCUT2D eigenvalue weighted by Crippen LogP contribution is 2.29. The lowest BCUT2D eigenvalue weighted by atomic mass is 10.2. The smallest absolute Gasteiger partial charge is 0.295 e. The molecule has 7 nitrogen and oxygen atoms in total. The van der Waals surface area contributed by atoms with Crippen LogP contribution in [-0.2, 0) is 0 Å². The molecule has 1 amide bonds. The van der Waals surface area contributed by atoms with Gasteiger partial charge in [-0.05, 0) is 24.2 Å². The van der Waals surface area contributed by atoms with Crippen LogP contribution >= 0.6 is 23.2 Å². The number of hydrazone groups is 1. The summed E-state index contributed by atoms with van der Waals surface area (Å²) in [5.41, 5.74) is 2.84. The van der Waals surface area contributed by atoms with Gasteiger partial charge in [0.15, 0.2) is 5.69 Å². The van der Waals surface area contributed by atoms with Crippen molar-refractivity contribution in [2.45, 2.75) is 6.92 Å². The van der Waals surface area contributed by atoms with E-state index >= 15 is 0 Å². The lowest BCUT2D eigenvalue weighted by molar-refractivity contribution is 0.0945. The second kappa shape index (κ2) is 5.89. The number of aryl methyl sites for hydroxylation is 1. The van der Waals surface area contributed by atoms with Crippen molar-refractivity contribution in [1.82, 2.24) is 15.7 Å². The van der Waals surface area contributed by atoms with Gasteiger partial charge >= 0.3 is 0 Å². The lowest BCUT2D eigenvalue weighted by Gasteiger charge is -2.02. The fourth-order valence-corrected chi connectivity index (χ4v) is 1.84. The van der Waals surface area contributed by atoms with Gasteiger partial charge < -0.3 is 5.11 Å². The summed E-state index contributed by atoms with van der Waals surface area (Å²) in [7, 11) is 0. The number of aromatic nitrogens is 2. The van der Waals surface area contributed by atoms with E-state index in [-0.39, 0.29) is 22.0 Å². The molecule has 104 valence electrons. The molecule has 0 bridgehead atoms. The molecule has 0 atom stereocenters. The van der Waals surface area contributed by atoms with Crippen LogP contribution in [0.25, 0.3) is 0 Å². The van der Waals surface area contributed by atoms with Crippen molar-refractivity contribution in [3.63, 3.8) is 0 Å². The Morgan fingerprint density at radius 2 is 2.20 bits per heavy atom. The number of nitrogens with one attached hydrogen (secondary N) is 1. The lowest BCUT2D eigenvalue weighted by Crippen LogP contribution is -2.19. The Labute approximate surface area is 123 Å². The van der Waals surface area contributed by atoms with Crippen LogP contribution in [-0.4, -0.2) is 27.5 Å². The topological polar surface area (TPSA) is 101 Å². The van der Waals surface area contributed by atoms with Crippen molar-refractivity contribution in [3.05, 3.63) is 39.1 Å². The van der Waals surface area contributed by atoms with Gasteiger partial charge in [0.05, 0.1) is 11.2 Å². The zero-order valence-electron chi connectivity index (χ0n) is 10.1. The van der Waals surface area contributed by atoms with Crippen LogP contribution in [0.15, 0.2) is 21.9 Å². The Morgan fingerprint density at radius 1 is 1.45 bits per heavy atom. The predicted octanol–water partition coefficient (Wildman–Crippen LogP) is 2.15. The molecule has 0 saturated heterocycles. The number of aromatic hydroxyl groups is 1. The summed E-state index contributed by atoms with van der Waals surface area (Å²) in [5.74, 6) is -0.777. The van der Waals surface area contributed by atoms with Crippen LogP contribution in [0.4, 0.5) is 0 Å². The number of hydrogen-bond acceptors (Lipinski definition) is 6. The van der Waals surface area contributed by atoms with Crippen molar-refractivity contribution in [3.8, 4) is 5.75 Å². The standard InChI is InChI=1S/C11H8Cl2N4O3/c1-5-9(17-20-16-5)11(19)15-14-4-6-2-7(12)3-8(13)10(6)18/h2-4,18H,1H3,(H,15,19)/b14-4+. The normalized spacial score (nSPS) is 10.9. The summed E-state index contributed by atoms with van der Waals surface area (Å²) in [6.07, 6.45) is 1.20. The first-order chi connectivity index (χ1) is 9.49. The number of hydrogen-bond donors (Lipinski definition) is 2. The molecule has 0 aliphatic rings. The highest BCUT2D eigenvalue weighted by atomic mass is 35.5. The maximum atomic E-state index is 11.6. The van der Waals surface area contributed by atoms with Gasteiger partial charge in [-0.3, -0.25) is 4.79 Å². The first-order valence-electron chi connectivity index (χ1n) is 5.29. The van der Waals surface area contributed by atoms with Crippen molar-refractivity contribution in [2.75, 3.05) is 0 Å². The summed E-state index contributed by atoms with van der Waals surface area (Å²) in [6, 6.07) is 2.83. The minimum Gasteiger partial charge on any atom is -0.506 e. The number of phenolic OH excluding ortho intramolecular Hbond substituents is 1. The molecule has 0 saturated carbocycles. The maximum absolute atomic E-state index is 11.6.